The number of Topliss-reactive ketones (excluding diaryl/α,β-unsaturated/α-hetero) is 1. The predicted molar refractivity (Wildman–Crippen MR) is 78.2 cm³/mol. The van der Waals surface area contributed by atoms with Gasteiger partial charge in [-0.3, -0.25) is 9.69 Å². The van der Waals surface area contributed by atoms with Gasteiger partial charge in [-0.25, -0.2) is 0 Å². The topological polar surface area (TPSA) is 64.8 Å². The molecular formula is C15H22N2O3. The summed E-state index contributed by atoms with van der Waals surface area (Å²) in [5.41, 5.74) is 7.01. The van der Waals surface area contributed by atoms with Gasteiger partial charge >= 0.3 is 0 Å². The lowest BCUT2D eigenvalue weighted by Crippen LogP contribution is -2.47. The van der Waals surface area contributed by atoms with E-state index < -0.39 is 0 Å². The van der Waals surface area contributed by atoms with Crippen LogP contribution in [-0.2, 0) is 4.74 Å². The van der Waals surface area contributed by atoms with Crippen LogP contribution in [0.25, 0.3) is 0 Å². The van der Waals surface area contributed by atoms with E-state index in [4.69, 9.17) is 15.2 Å². The summed E-state index contributed by atoms with van der Waals surface area (Å²) in [7, 11) is 1.57. The summed E-state index contributed by atoms with van der Waals surface area (Å²) < 4.78 is 10.5. The van der Waals surface area contributed by atoms with Crippen molar-refractivity contribution in [1.82, 2.24) is 4.90 Å². The van der Waals surface area contributed by atoms with Crippen molar-refractivity contribution >= 4 is 11.5 Å². The van der Waals surface area contributed by atoms with E-state index in [2.05, 4.69) is 4.90 Å². The number of nitrogens with zero attached hydrogens (tertiary/aromatic N) is 1. The van der Waals surface area contributed by atoms with Crippen molar-refractivity contribution in [3.63, 3.8) is 0 Å². The predicted octanol–water partition coefficient (Wildman–Crippen LogP) is 1.57. The van der Waals surface area contributed by atoms with Crippen LogP contribution in [0.1, 0.15) is 23.7 Å². The van der Waals surface area contributed by atoms with Gasteiger partial charge in [0.05, 0.1) is 32.1 Å². The van der Waals surface area contributed by atoms with Gasteiger partial charge in [0, 0.05) is 18.7 Å². The second-order valence-corrected chi connectivity index (χ2v) is 4.89. The fourth-order valence-corrected chi connectivity index (χ4v) is 2.58. The summed E-state index contributed by atoms with van der Waals surface area (Å²) in [6.07, 6.45) is 0.783. The van der Waals surface area contributed by atoms with Crippen LogP contribution in [0, 0.1) is 0 Å². The average molecular weight is 278 g/mol. The molecule has 1 fully saturated rings. The molecule has 1 aromatic rings. The molecule has 2 rings (SSSR count). The lowest BCUT2D eigenvalue weighted by molar-refractivity contribution is 0.0170. The van der Waals surface area contributed by atoms with Crippen LogP contribution in [-0.4, -0.2) is 50.1 Å². The molecule has 0 spiro atoms. The molecule has 1 saturated heterocycles. The molecule has 1 aromatic carbocycles. The van der Waals surface area contributed by atoms with E-state index in [1.54, 1.807) is 25.3 Å². The van der Waals surface area contributed by atoms with Crippen molar-refractivity contribution in [2.45, 2.75) is 19.4 Å². The first kappa shape index (κ1) is 14.8. The van der Waals surface area contributed by atoms with Crippen molar-refractivity contribution < 1.29 is 14.3 Å². The highest BCUT2D eigenvalue weighted by molar-refractivity contribution is 6.01. The number of ether oxygens (including phenoxy) is 2. The molecule has 20 heavy (non-hydrogen) atoms. The summed E-state index contributed by atoms with van der Waals surface area (Å²) >= 11 is 0. The number of nitrogen functional groups attached to an aromatic ring is 1. The summed E-state index contributed by atoms with van der Waals surface area (Å²) in [6.45, 7) is 5.01. The number of hydrogen-bond donors (Lipinski definition) is 1. The van der Waals surface area contributed by atoms with Crippen molar-refractivity contribution in [1.29, 1.82) is 0 Å². The molecule has 5 nitrogen and oxygen atoms in total. The molecule has 0 bridgehead atoms. The summed E-state index contributed by atoms with van der Waals surface area (Å²) in [5.74, 6) is 0.713. The fraction of sp³-hybridized carbons (Fsp3) is 0.533. The third kappa shape index (κ3) is 3.11. The van der Waals surface area contributed by atoms with E-state index in [1.165, 1.54) is 0 Å². The molecule has 1 aliphatic heterocycles. The second-order valence-electron chi connectivity index (χ2n) is 4.89. The summed E-state index contributed by atoms with van der Waals surface area (Å²) in [6, 6.07) is 5.12. The van der Waals surface area contributed by atoms with E-state index in [-0.39, 0.29) is 11.8 Å². The van der Waals surface area contributed by atoms with E-state index >= 15 is 0 Å². The number of nitrogens with two attached hydrogens (primary N) is 1. The highest BCUT2D eigenvalue weighted by atomic mass is 16.5. The Morgan fingerprint density at radius 3 is 2.70 bits per heavy atom. The van der Waals surface area contributed by atoms with Gasteiger partial charge in [-0.05, 0) is 24.6 Å². The van der Waals surface area contributed by atoms with E-state index in [0.29, 0.717) is 30.2 Å². The Balaban J connectivity index is 2.17. The maximum atomic E-state index is 12.6. The molecule has 1 atom stereocenters. The first-order chi connectivity index (χ1) is 9.67. The first-order valence-electron chi connectivity index (χ1n) is 6.97. The van der Waals surface area contributed by atoms with E-state index in [9.17, 15) is 4.79 Å². The average Bonchev–Trinajstić information content (AvgIpc) is 2.49. The van der Waals surface area contributed by atoms with E-state index in [1.807, 2.05) is 6.92 Å². The zero-order chi connectivity index (χ0) is 14.5. The van der Waals surface area contributed by atoms with E-state index in [0.717, 1.165) is 19.5 Å². The number of ketones is 1. The largest absolute Gasteiger partial charge is 0.495 e. The molecule has 0 aromatic heterocycles. The Labute approximate surface area is 119 Å². The quantitative estimate of drug-likeness (QED) is 0.654. The Kier molecular flexibility index (Phi) is 4.98. The lowest BCUT2D eigenvalue weighted by atomic mass is 9.99. The minimum Gasteiger partial charge on any atom is -0.495 e. The van der Waals surface area contributed by atoms with Gasteiger partial charge in [-0.15, -0.1) is 0 Å². The van der Waals surface area contributed by atoms with Gasteiger partial charge in [0.1, 0.15) is 5.75 Å². The second kappa shape index (κ2) is 6.72. The van der Waals surface area contributed by atoms with Crippen molar-refractivity contribution in [2.75, 3.05) is 39.1 Å². The highest BCUT2D eigenvalue weighted by Gasteiger charge is 2.26. The Bertz CT molecular complexity index is 470. The number of carbonyl (C=O) groups is 1. The number of methoxy groups -OCH3 is 1. The number of hydrogen-bond acceptors (Lipinski definition) is 5. The normalized spacial score (nSPS) is 17.7. The molecular weight excluding hydrogens is 256 g/mol. The smallest absolute Gasteiger partial charge is 0.180 e. The third-order valence-corrected chi connectivity index (χ3v) is 3.69. The molecule has 1 heterocycles. The minimum absolute atomic E-state index is 0.105. The van der Waals surface area contributed by atoms with Gasteiger partial charge < -0.3 is 15.2 Å². The lowest BCUT2D eigenvalue weighted by Gasteiger charge is -2.33. The maximum Gasteiger partial charge on any atom is 0.180 e. The maximum absolute atomic E-state index is 12.6. The zero-order valence-electron chi connectivity index (χ0n) is 12.1. The molecule has 0 amide bonds. The van der Waals surface area contributed by atoms with Crippen LogP contribution in [0.2, 0.25) is 0 Å². The molecule has 5 heteroatoms. The molecule has 0 saturated carbocycles. The molecule has 0 aliphatic carbocycles. The Morgan fingerprint density at radius 1 is 1.45 bits per heavy atom. The minimum atomic E-state index is -0.105. The zero-order valence-corrected chi connectivity index (χ0v) is 12.1. The first-order valence-corrected chi connectivity index (χ1v) is 6.97. The Morgan fingerprint density at radius 2 is 2.15 bits per heavy atom. The molecule has 0 radical (unpaired) electrons. The van der Waals surface area contributed by atoms with Crippen LogP contribution in [0.3, 0.4) is 0 Å². The number of morpholine rings is 1. The number of anilines is 1. The number of rotatable bonds is 5. The molecule has 1 unspecified atom stereocenters. The van der Waals surface area contributed by atoms with Gasteiger partial charge in [-0.1, -0.05) is 6.92 Å². The van der Waals surface area contributed by atoms with Crippen molar-refractivity contribution in [3.8, 4) is 5.75 Å². The van der Waals surface area contributed by atoms with Crippen LogP contribution in [0.4, 0.5) is 5.69 Å². The number of benzene rings is 1. The van der Waals surface area contributed by atoms with Gasteiger partial charge in [0.2, 0.25) is 0 Å². The van der Waals surface area contributed by atoms with Gasteiger partial charge in [0.25, 0.3) is 0 Å². The van der Waals surface area contributed by atoms with Gasteiger partial charge in [-0.2, -0.15) is 0 Å². The van der Waals surface area contributed by atoms with Crippen LogP contribution >= 0.6 is 0 Å². The highest BCUT2D eigenvalue weighted by Crippen LogP contribution is 2.24. The molecule has 110 valence electrons. The molecule has 1 aliphatic rings. The van der Waals surface area contributed by atoms with Crippen molar-refractivity contribution in [3.05, 3.63) is 23.8 Å². The number of carbonyl (C=O) groups excluding carboxylic acids is 1. The molecule has 2 N–H and O–H groups in total. The van der Waals surface area contributed by atoms with Crippen LogP contribution in [0.15, 0.2) is 18.2 Å². The standard InChI is InChI=1S/C15H22N2O3/c1-3-13(17-6-8-20-9-7-17)15(18)11-4-5-14(19-2)12(16)10-11/h4-5,10,13H,3,6-9,16H2,1-2H3. The Hall–Kier alpha value is -1.59. The van der Waals surface area contributed by atoms with Crippen LogP contribution < -0.4 is 10.5 Å². The third-order valence-electron chi connectivity index (χ3n) is 3.69. The van der Waals surface area contributed by atoms with Crippen molar-refractivity contribution in [2.24, 2.45) is 0 Å². The SMILES string of the molecule is CCC(C(=O)c1ccc(OC)c(N)c1)N1CCOCC1. The van der Waals surface area contributed by atoms with Crippen LogP contribution in [0.5, 0.6) is 5.75 Å². The summed E-state index contributed by atoms with van der Waals surface area (Å²) in [5, 5.41) is 0. The monoisotopic (exact) mass is 278 g/mol. The fourth-order valence-electron chi connectivity index (χ4n) is 2.58. The van der Waals surface area contributed by atoms with Gasteiger partial charge in [0.15, 0.2) is 5.78 Å². The summed E-state index contributed by atoms with van der Waals surface area (Å²) in [4.78, 5) is 14.8.